The van der Waals surface area contributed by atoms with Crippen LogP contribution < -0.4 is 5.32 Å². The van der Waals surface area contributed by atoms with Gasteiger partial charge in [0.05, 0.1) is 12.2 Å². The van der Waals surface area contributed by atoms with Crippen molar-refractivity contribution in [3.63, 3.8) is 0 Å². The van der Waals surface area contributed by atoms with Crippen molar-refractivity contribution in [1.29, 1.82) is 0 Å². The Morgan fingerprint density at radius 3 is 2.50 bits per heavy atom. The van der Waals surface area contributed by atoms with Crippen molar-refractivity contribution < 1.29 is 9.47 Å². The Hall–Kier alpha value is -0.120. The Kier molecular flexibility index (Phi) is 3.10. The molecule has 2 aliphatic carbocycles. The highest BCUT2D eigenvalue weighted by atomic mass is 16.5. The molecule has 1 N–H and O–H groups in total. The molecule has 0 spiro atoms. The van der Waals surface area contributed by atoms with E-state index in [0.29, 0.717) is 12.1 Å². The monoisotopic (exact) mass is 199 g/mol. The zero-order valence-electron chi connectivity index (χ0n) is 9.32. The average Bonchev–Trinajstić information content (AvgIpc) is 2.80. The Bertz CT molecular complexity index is 198. The number of hydrogen-bond acceptors (Lipinski definition) is 3. The van der Waals surface area contributed by atoms with E-state index in [1.54, 1.807) is 7.11 Å². The Labute approximate surface area is 86.2 Å². The molecule has 0 aromatic heterocycles. The number of nitrogens with one attached hydrogen (secondary N) is 1. The Morgan fingerprint density at radius 1 is 1.29 bits per heavy atom. The molecule has 82 valence electrons. The summed E-state index contributed by atoms with van der Waals surface area (Å²) >= 11 is 0. The van der Waals surface area contributed by atoms with E-state index >= 15 is 0 Å². The van der Waals surface area contributed by atoms with Gasteiger partial charge in [0.25, 0.3) is 0 Å². The van der Waals surface area contributed by atoms with Gasteiger partial charge in [-0.25, -0.2) is 0 Å². The van der Waals surface area contributed by atoms with Crippen LogP contribution in [0.5, 0.6) is 0 Å². The molecule has 0 amide bonds. The fraction of sp³-hybridized carbons (Fsp3) is 1.00. The van der Waals surface area contributed by atoms with Crippen molar-refractivity contribution in [2.75, 3.05) is 13.7 Å². The molecule has 0 saturated heterocycles. The molecular weight excluding hydrogens is 178 g/mol. The van der Waals surface area contributed by atoms with E-state index in [4.69, 9.17) is 9.47 Å². The summed E-state index contributed by atoms with van der Waals surface area (Å²) in [6.45, 7) is 5.12. The standard InChI is InChI=1S/C11H21NO2/c1-4-14-10-6-9(11(10)13-3)12-8-5-7(8)2/h7-12H,4-6H2,1-3H3. The molecule has 3 heteroatoms. The summed E-state index contributed by atoms with van der Waals surface area (Å²) in [5, 5.41) is 3.62. The van der Waals surface area contributed by atoms with Crippen LogP contribution in [0.25, 0.3) is 0 Å². The van der Waals surface area contributed by atoms with Crippen LogP contribution in [-0.2, 0) is 9.47 Å². The van der Waals surface area contributed by atoms with Crippen molar-refractivity contribution in [2.24, 2.45) is 5.92 Å². The van der Waals surface area contributed by atoms with Crippen molar-refractivity contribution in [1.82, 2.24) is 5.32 Å². The molecule has 5 unspecified atom stereocenters. The summed E-state index contributed by atoms with van der Waals surface area (Å²) in [6.07, 6.45) is 3.02. The quantitative estimate of drug-likeness (QED) is 0.721. The van der Waals surface area contributed by atoms with Gasteiger partial charge in [0.15, 0.2) is 0 Å². The van der Waals surface area contributed by atoms with Gasteiger partial charge in [-0.3, -0.25) is 0 Å². The highest BCUT2D eigenvalue weighted by Gasteiger charge is 2.45. The topological polar surface area (TPSA) is 30.5 Å². The molecule has 0 bridgehead atoms. The molecule has 0 heterocycles. The van der Waals surface area contributed by atoms with Crippen LogP contribution in [0.3, 0.4) is 0 Å². The Morgan fingerprint density at radius 2 is 2.00 bits per heavy atom. The summed E-state index contributed by atoms with van der Waals surface area (Å²) < 4.78 is 11.0. The lowest BCUT2D eigenvalue weighted by Crippen LogP contribution is -2.60. The van der Waals surface area contributed by atoms with E-state index in [2.05, 4.69) is 12.2 Å². The summed E-state index contributed by atoms with van der Waals surface area (Å²) in [7, 11) is 1.78. The first-order chi connectivity index (χ1) is 6.76. The smallest absolute Gasteiger partial charge is 0.0986 e. The van der Waals surface area contributed by atoms with Gasteiger partial charge < -0.3 is 14.8 Å². The summed E-state index contributed by atoms with van der Waals surface area (Å²) in [5.41, 5.74) is 0. The zero-order valence-corrected chi connectivity index (χ0v) is 9.32. The van der Waals surface area contributed by atoms with Crippen LogP contribution >= 0.6 is 0 Å². The molecule has 14 heavy (non-hydrogen) atoms. The van der Waals surface area contributed by atoms with E-state index in [-0.39, 0.29) is 6.10 Å². The van der Waals surface area contributed by atoms with Crippen LogP contribution in [0, 0.1) is 5.92 Å². The lowest BCUT2D eigenvalue weighted by atomic mass is 9.85. The van der Waals surface area contributed by atoms with E-state index in [9.17, 15) is 0 Å². The summed E-state index contributed by atoms with van der Waals surface area (Å²) in [4.78, 5) is 0. The molecule has 2 rings (SSSR count). The minimum absolute atomic E-state index is 0.266. The van der Waals surface area contributed by atoms with E-state index in [1.165, 1.54) is 6.42 Å². The molecular formula is C11H21NO2. The highest BCUT2D eigenvalue weighted by Crippen LogP contribution is 2.34. The van der Waals surface area contributed by atoms with Crippen molar-refractivity contribution in [3.8, 4) is 0 Å². The molecule has 0 aliphatic heterocycles. The lowest BCUT2D eigenvalue weighted by molar-refractivity contribution is -0.131. The maximum absolute atomic E-state index is 5.58. The van der Waals surface area contributed by atoms with Crippen molar-refractivity contribution in [2.45, 2.75) is 51.0 Å². The number of rotatable bonds is 5. The van der Waals surface area contributed by atoms with Gasteiger partial charge >= 0.3 is 0 Å². The lowest BCUT2D eigenvalue weighted by Gasteiger charge is -2.43. The van der Waals surface area contributed by atoms with Crippen LogP contribution in [-0.4, -0.2) is 38.0 Å². The number of hydrogen-bond donors (Lipinski definition) is 1. The van der Waals surface area contributed by atoms with Crippen molar-refractivity contribution >= 4 is 0 Å². The predicted molar refractivity (Wildman–Crippen MR) is 55.3 cm³/mol. The first-order valence-electron chi connectivity index (χ1n) is 5.66. The number of methoxy groups -OCH3 is 1. The maximum Gasteiger partial charge on any atom is 0.0986 e. The van der Waals surface area contributed by atoms with Gasteiger partial charge in [0, 0.05) is 25.8 Å². The van der Waals surface area contributed by atoms with E-state index < -0.39 is 0 Å². The van der Waals surface area contributed by atoms with Crippen LogP contribution in [0.2, 0.25) is 0 Å². The second kappa shape index (κ2) is 4.17. The van der Waals surface area contributed by atoms with Crippen LogP contribution in [0.1, 0.15) is 26.7 Å². The van der Waals surface area contributed by atoms with Gasteiger partial charge in [-0.1, -0.05) is 6.92 Å². The molecule has 2 saturated carbocycles. The largest absolute Gasteiger partial charge is 0.377 e. The summed E-state index contributed by atoms with van der Waals surface area (Å²) in [6, 6.07) is 1.26. The minimum atomic E-state index is 0.266. The molecule has 3 nitrogen and oxygen atoms in total. The second-order valence-corrected chi connectivity index (χ2v) is 4.52. The third kappa shape index (κ3) is 1.95. The Balaban J connectivity index is 1.73. The summed E-state index contributed by atoms with van der Waals surface area (Å²) in [5.74, 6) is 0.860. The third-order valence-corrected chi connectivity index (χ3v) is 3.44. The van der Waals surface area contributed by atoms with Crippen molar-refractivity contribution in [3.05, 3.63) is 0 Å². The fourth-order valence-electron chi connectivity index (χ4n) is 2.27. The molecule has 0 aromatic carbocycles. The normalized spacial score (nSPS) is 46.1. The maximum atomic E-state index is 5.58. The number of ether oxygens (including phenoxy) is 2. The van der Waals surface area contributed by atoms with E-state index in [0.717, 1.165) is 25.0 Å². The molecule has 0 aromatic rings. The minimum Gasteiger partial charge on any atom is -0.377 e. The van der Waals surface area contributed by atoms with Crippen LogP contribution in [0.15, 0.2) is 0 Å². The molecule has 2 fully saturated rings. The van der Waals surface area contributed by atoms with Crippen LogP contribution in [0.4, 0.5) is 0 Å². The van der Waals surface area contributed by atoms with Gasteiger partial charge in [-0.15, -0.1) is 0 Å². The van der Waals surface area contributed by atoms with Gasteiger partial charge in [0.1, 0.15) is 0 Å². The highest BCUT2D eigenvalue weighted by molar-refractivity contribution is 5.02. The first kappa shape index (κ1) is 10.4. The average molecular weight is 199 g/mol. The molecule has 0 radical (unpaired) electrons. The molecule has 5 atom stereocenters. The van der Waals surface area contributed by atoms with Gasteiger partial charge in [-0.2, -0.15) is 0 Å². The third-order valence-electron chi connectivity index (χ3n) is 3.44. The predicted octanol–water partition coefficient (Wildman–Crippen LogP) is 1.18. The SMILES string of the molecule is CCOC1CC(NC2CC2C)C1OC. The fourth-order valence-corrected chi connectivity index (χ4v) is 2.27. The second-order valence-electron chi connectivity index (χ2n) is 4.52. The van der Waals surface area contributed by atoms with Gasteiger partial charge in [0.2, 0.25) is 0 Å². The van der Waals surface area contributed by atoms with E-state index in [1.807, 2.05) is 6.92 Å². The van der Waals surface area contributed by atoms with Gasteiger partial charge in [-0.05, 0) is 25.7 Å². The first-order valence-corrected chi connectivity index (χ1v) is 5.66. The molecule has 2 aliphatic rings. The zero-order chi connectivity index (χ0) is 10.1.